The van der Waals surface area contributed by atoms with Crippen LogP contribution in [0, 0.1) is 6.92 Å². The molecule has 0 aromatic carbocycles. The first-order valence-corrected chi connectivity index (χ1v) is 4.60. The summed E-state index contributed by atoms with van der Waals surface area (Å²) in [5.41, 5.74) is 1.21. The molecule has 1 aliphatic rings. The summed E-state index contributed by atoms with van der Waals surface area (Å²) in [6, 6.07) is 3.76. The monoisotopic (exact) mass is 167 g/mol. The number of hydrogen-bond acceptors (Lipinski definition) is 2. The van der Waals surface area contributed by atoms with Crippen LogP contribution in [0.4, 0.5) is 0 Å². The molecule has 0 saturated carbocycles. The van der Waals surface area contributed by atoms with Gasteiger partial charge in [-0.2, -0.15) is 0 Å². The summed E-state index contributed by atoms with van der Waals surface area (Å²) < 4.78 is 1.83. The number of rotatable bonds is 0. The summed E-state index contributed by atoms with van der Waals surface area (Å²) in [6.07, 6.45) is 0. The quantitative estimate of drug-likeness (QED) is 0.580. The standard InChI is InChI=1S/C8H9NOS/c1-6-4-7(10)9-2-3-11-8(9)5-6/h4-5H,2-3H2,1H3. The molecule has 0 radical (unpaired) electrons. The van der Waals surface area contributed by atoms with E-state index < -0.39 is 0 Å². The zero-order valence-electron chi connectivity index (χ0n) is 6.33. The van der Waals surface area contributed by atoms with Crippen LogP contribution in [-0.2, 0) is 6.54 Å². The molecule has 58 valence electrons. The topological polar surface area (TPSA) is 22.0 Å². The normalized spacial score (nSPS) is 15.0. The van der Waals surface area contributed by atoms with Crippen molar-refractivity contribution in [3.63, 3.8) is 0 Å². The van der Waals surface area contributed by atoms with E-state index in [1.807, 2.05) is 11.5 Å². The molecular weight excluding hydrogens is 158 g/mol. The zero-order chi connectivity index (χ0) is 7.84. The zero-order valence-corrected chi connectivity index (χ0v) is 7.15. The lowest BCUT2D eigenvalue weighted by molar-refractivity contribution is 0.691. The number of hydrogen-bond donors (Lipinski definition) is 0. The maximum absolute atomic E-state index is 11.3. The van der Waals surface area contributed by atoms with Crippen molar-refractivity contribution in [3.05, 3.63) is 28.0 Å². The first kappa shape index (κ1) is 6.98. The van der Waals surface area contributed by atoms with Crippen molar-refractivity contribution in [2.24, 2.45) is 0 Å². The number of pyridine rings is 1. The third kappa shape index (κ3) is 1.09. The molecule has 11 heavy (non-hydrogen) atoms. The van der Waals surface area contributed by atoms with Gasteiger partial charge in [0.05, 0.1) is 5.03 Å². The Kier molecular flexibility index (Phi) is 1.53. The highest BCUT2D eigenvalue weighted by Crippen LogP contribution is 2.23. The number of nitrogens with zero attached hydrogens (tertiary/aromatic N) is 1. The van der Waals surface area contributed by atoms with Crippen molar-refractivity contribution in [2.75, 3.05) is 5.75 Å². The molecule has 2 nitrogen and oxygen atoms in total. The highest BCUT2D eigenvalue weighted by molar-refractivity contribution is 7.99. The molecule has 0 atom stereocenters. The van der Waals surface area contributed by atoms with Gasteiger partial charge in [-0.15, -0.1) is 11.8 Å². The van der Waals surface area contributed by atoms with Gasteiger partial charge < -0.3 is 4.57 Å². The van der Waals surface area contributed by atoms with Crippen molar-refractivity contribution in [3.8, 4) is 0 Å². The molecule has 0 amide bonds. The van der Waals surface area contributed by atoms with Crippen LogP contribution < -0.4 is 5.56 Å². The molecule has 0 saturated heterocycles. The molecule has 1 aliphatic heterocycles. The van der Waals surface area contributed by atoms with Gasteiger partial charge in [0.2, 0.25) is 0 Å². The lowest BCUT2D eigenvalue weighted by Crippen LogP contribution is -2.17. The van der Waals surface area contributed by atoms with E-state index >= 15 is 0 Å². The van der Waals surface area contributed by atoms with E-state index in [1.165, 1.54) is 0 Å². The van der Waals surface area contributed by atoms with E-state index in [9.17, 15) is 4.79 Å². The van der Waals surface area contributed by atoms with Crippen molar-refractivity contribution < 1.29 is 0 Å². The van der Waals surface area contributed by atoms with Gasteiger partial charge in [-0.25, -0.2) is 0 Å². The summed E-state index contributed by atoms with van der Waals surface area (Å²) in [7, 11) is 0. The molecule has 0 bridgehead atoms. The molecule has 1 aromatic rings. The molecule has 0 fully saturated rings. The van der Waals surface area contributed by atoms with E-state index in [2.05, 4.69) is 6.07 Å². The lowest BCUT2D eigenvalue weighted by Gasteiger charge is -2.00. The first-order chi connectivity index (χ1) is 5.27. The molecular formula is C8H9NOS. The molecule has 0 N–H and O–H groups in total. The van der Waals surface area contributed by atoms with Gasteiger partial charge in [0, 0.05) is 18.4 Å². The number of fused-ring (bicyclic) bond motifs is 1. The second-order valence-corrected chi connectivity index (χ2v) is 3.82. The Morgan fingerprint density at radius 1 is 1.55 bits per heavy atom. The lowest BCUT2D eigenvalue weighted by atomic mass is 10.3. The molecule has 3 heteroatoms. The highest BCUT2D eigenvalue weighted by atomic mass is 32.2. The van der Waals surface area contributed by atoms with Crippen LogP contribution in [0.15, 0.2) is 22.0 Å². The Bertz CT molecular complexity index is 342. The molecule has 2 heterocycles. The molecule has 2 rings (SSSR count). The number of thioether (sulfide) groups is 1. The molecule has 0 unspecified atom stereocenters. The van der Waals surface area contributed by atoms with Gasteiger partial charge in [-0.3, -0.25) is 4.79 Å². The van der Waals surface area contributed by atoms with Gasteiger partial charge in [-0.1, -0.05) is 0 Å². The van der Waals surface area contributed by atoms with E-state index in [1.54, 1.807) is 17.8 Å². The second kappa shape index (κ2) is 2.41. The fourth-order valence-corrected chi connectivity index (χ4v) is 2.37. The van der Waals surface area contributed by atoms with E-state index in [4.69, 9.17) is 0 Å². The average Bonchev–Trinajstić information content (AvgIpc) is 2.34. The fourth-order valence-electron chi connectivity index (χ4n) is 1.28. The van der Waals surface area contributed by atoms with Crippen LogP contribution in [-0.4, -0.2) is 10.3 Å². The first-order valence-electron chi connectivity index (χ1n) is 3.62. The van der Waals surface area contributed by atoms with Crippen molar-refractivity contribution >= 4 is 11.8 Å². The van der Waals surface area contributed by atoms with Crippen LogP contribution in [0.5, 0.6) is 0 Å². The molecule has 1 aromatic heterocycles. The third-order valence-electron chi connectivity index (χ3n) is 1.80. The summed E-state index contributed by atoms with van der Waals surface area (Å²) in [4.78, 5) is 11.3. The van der Waals surface area contributed by atoms with Crippen molar-refractivity contribution in [2.45, 2.75) is 18.5 Å². The fraction of sp³-hybridized carbons (Fsp3) is 0.375. The van der Waals surface area contributed by atoms with E-state index in [0.29, 0.717) is 0 Å². The van der Waals surface area contributed by atoms with Crippen LogP contribution >= 0.6 is 11.8 Å². The van der Waals surface area contributed by atoms with Gasteiger partial charge in [-0.05, 0) is 18.6 Å². The van der Waals surface area contributed by atoms with Crippen molar-refractivity contribution in [1.29, 1.82) is 0 Å². The minimum absolute atomic E-state index is 0.144. The largest absolute Gasteiger partial charge is 0.302 e. The van der Waals surface area contributed by atoms with Gasteiger partial charge >= 0.3 is 0 Å². The maximum Gasteiger partial charge on any atom is 0.251 e. The van der Waals surface area contributed by atoms with Crippen LogP contribution in [0.3, 0.4) is 0 Å². The van der Waals surface area contributed by atoms with Crippen molar-refractivity contribution in [1.82, 2.24) is 4.57 Å². The summed E-state index contributed by atoms with van der Waals surface area (Å²) >= 11 is 1.76. The second-order valence-electron chi connectivity index (χ2n) is 2.71. The highest BCUT2D eigenvalue weighted by Gasteiger charge is 2.11. The van der Waals surface area contributed by atoms with Gasteiger partial charge in [0.1, 0.15) is 0 Å². The Balaban J connectivity index is 2.70. The minimum atomic E-state index is 0.144. The Morgan fingerprint density at radius 2 is 2.36 bits per heavy atom. The van der Waals surface area contributed by atoms with E-state index in [0.717, 1.165) is 22.9 Å². The Labute approximate surface area is 69.2 Å². The smallest absolute Gasteiger partial charge is 0.251 e. The predicted molar refractivity (Wildman–Crippen MR) is 46.2 cm³/mol. The molecule has 0 aliphatic carbocycles. The predicted octanol–water partition coefficient (Wildman–Crippen LogP) is 1.26. The average molecular weight is 167 g/mol. The van der Waals surface area contributed by atoms with Gasteiger partial charge in [0.15, 0.2) is 0 Å². The summed E-state index contributed by atoms with van der Waals surface area (Å²) in [5, 5.41) is 1.12. The minimum Gasteiger partial charge on any atom is -0.302 e. The third-order valence-corrected chi connectivity index (χ3v) is 2.82. The van der Waals surface area contributed by atoms with Crippen LogP contribution in [0.25, 0.3) is 0 Å². The van der Waals surface area contributed by atoms with Gasteiger partial charge in [0.25, 0.3) is 5.56 Å². The van der Waals surface area contributed by atoms with Crippen LogP contribution in [0.1, 0.15) is 5.56 Å². The number of aryl methyl sites for hydroxylation is 1. The SMILES string of the molecule is Cc1cc2n(c(=O)c1)CCS2. The summed E-state index contributed by atoms with van der Waals surface area (Å²) in [5.74, 6) is 1.04. The Hall–Kier alpha value is -0.700. The molecule has 0 spiro atoms. The Morgan fingerprint density at radius 3 is 3.18 bits per heavy atom. The van der Waals surface area contributed by atoms with Crippen LogP contribution in [0.2, 0.25) is 0 Å². The van der Waals surface area contributed by atoms with E-state index in [-0.39, 0.29) is 5.56 Å². The maximum atomic E-state index is 11.3. The number of aromatic nitrogens is 1. The summed E-state index contributed by atoms with van der Waals surface area (Å²) in [6.45, 7) is 2.83.